The Bertz CT molecular complexity index is 925. The van der Waals surface area contributed by atoms with E-state index in [1.54, 1.807) is 0 Å². The molecule has 1 nitrogen and oxygen atoms in total. The normalized spacial score (nSPS) is 10.7. The minimum absolute atomic E-state index is 1.10. The largest absolute Gasteiger partial charge is 0.310 e. The van der Waals surface area contributed by atoms with Gasteiger partial charge in [-0.05, 0) is 59.3 Å². The van der Waals surface area contributed by atoms with Gasteiger partial charge in [-0.3, -0.25) is 0 Å². The van der Waals surface area contributed by atoms with E-state index in [-0.39, 0.29) is 0 Å². The fraction of sp³-hybridized carbons (Fsp3) is 0. The first-order valence-electron chi connectivity index (χ1n) is 7.91. The molecule has 0 atom stereocenters. The van der Waals surface area contributed by atoms with Crippen molar-refractivity contribution >= 4 is 43.8 Å². The molecule has 24 heavy (non-hydrogen) atoms. The average Bonchev–Trinajstić information content (AvgIpc) is 2.64. The van der Waals surface area contributed by atoms with Gasteiger partial charge in [-0.1, -0.05) is 64.5 Å². The zero-order valence-corrected chi connectivity index (χ0v) is 14.6. The van der Waals surface area contributed by atoms with Crippen LogP contribution in [-0.4, -0.2) is 0 Å². The molecule has 116 valence electrons. The minimum atomic E-state index is 1.10. The van der Waals surface area contributed by atoms with Crippen molar-refractivity contribution in [2.75, 3.05) is 4.90 Å². The van der Waals surface area contributed by atoms with Gasteiger partial charge in [0.1, 0.15) is 0 Å². The van der Waals surface area contributed by atoms with Gasteiger partial charge in [0.25, 0.3) is 0 Å². The second kappa shape index (κ2) is 6.50. The third-order valence-corrected chi connectivity index (χ3v) is 4.57. The van der Waals surface area contributed by atoms with Gasteiger partial charge >= 0.3 is 0 Å². The summed E-state index contributed by atoms with van der Waals surface area (Å²) in [5.41, 5.74) is 3.46. The highest BCUT2D eigenvalue weighted by Gasteiger charge is 2.12. The lowest BCUT2D eigenvalue weighted by molar-refractivity contribution is 1.29. The predicted octanol–water partition coefficient (Wildman–Crippen LogP) is 7.07. The van der Waals surface area contributed by atoms with E-state index < -0.39 is 0 Å². The third-order valence-electron chi connectivity index (χ3n) is 4.07. The molecule has 4 aromatic rings. The number of fused-ring (bicyclic) bond motifs is 1. The van der Waals surface area contributed by atoms with Crippen molar-refractivity contribution in [3.63, 3.8) is 0 Å². The van der Waals surface area contributed by atoms with Crippen molar-refractivity contribution in [1.82, 2.24) is 0 Å². The topological polar surface area (TPSA) is 3.24 Å². The van der Waals surface area contributed by atoms with Gasteiger partial charge in [-0.15, -0.1) is 0 Å². The number of para-hydroxylation sites is 2. The van der Waals surface area contributed by atoms with E-state index in [1.165, 1.54) is 10.8 Å². The smallest absolute Gasteiger partial charge is 0.0468 e. The van der Waals surface area contributed by atoms with E-state index in [1.807, 2.05) is 12.1 Å². The van der Waals surface area contributed by atoms with Crippen molar-refractivity contribution in [1.29, 1.82) is 0 Å². The first-order chi connectivity index (χ1) is 11.8. The summed E-state index contributed by atoms with van der Waals surface area (Å²) in [6, 6.07) is 33.9. The fourth-order valence-electron chi connectivity index (χ4n) is 2.94. The summed E-state index contributed by atoms with van der Waals surface area (Å²) < 4.78 is 1.10. The number of hydrogen-bond donors (Lipinski definition) is 0. The van der Waals surface area contributed by atoms with Gasteiger partial charge in [0.15, 0.2) is 0 Å². The summed E-state index contributed by atoms with van der Waals surface area (Å²) in [5.74, 6) is 0. The highest BCUT2D eigenvalue weighted by atomic mass is 79.9. The first kappa shape index (κ1) is 15.0. The molecule has 0 saturated carbocycles. The van der Waals surface area contributed by atoms with Crippen LogP contribution in [0.5, 0.6) is 0 Å². The summed E-state index contributed by atoms with van der Waals surface area (Å²) >= 11 is 3.54. The molecule has 0 radical (unpaired) electrons. The van der Waals surface area contributed by atoms with Crippen LogP contribution >= 0.6 is 15.9 Å². The fourth-order valence-corrected chi connectivity index (χ4v) is 3.32. The lowest BCUT2D eigenvalue weighted by atomic mass is 10.1. The Hall–Kier alpha value is -2.58. The summed E-state index contributed by atoms with van der Waals surface area (Å²) in [7, 11) is 0. The van der Waals surface area contributed by atoms with Crippen molar-refractivity contribution in [2.45, 2.75) is 0 Å². The summed E-state index contributed by atoms with van der Waals surface area (Å²) in [6.45, 7) is 0. The van der Waals surface area contributed by atoms with Crippen LogP contribution < -0.4 is 4.90 Å². The Balaban J connectivity index is 1.89. The van der Waals surface area contributed by atoms with Crippen LogP contribution in [-0.2, 0) is 0 Å². The molecule has 0 aliphatic rings. The number of benzene rings is 4. The molecular formula is C22H16BrN. The molecule has 0 bridgehead atoms. The zero-order valence-electron chi connectivity index (χ0n) is 13.1. The van der Waals surface area contributed by atoms with E-state index in [4.69, 9.17) is 0 Å². The number of rotatable bonds is 3. The first-order valence-corrected chi connectivity index (χ1v) is 8.70. The van der Waals surface area contributed by atoms with E-state index in [2.05, 4.69) is 106 Å². The molecule has 0 spiro atoms. The van der Waals surface area contributed by atoms with E-state index in [0.29, 0.717) is 0 Å². The van der Waals surface area contributed by atoms with E-state index >= 15 is 0 Å². The number of nitrogens with zero attached hydrogens (tertiary/aromatic N) is 1. The molecule has 0 aromatic heterocycles. The van der Waals surface area contributed by atoms with Crippen LogP contribution in [0.4, 0.5) is 17.1 Å². The predicted molar refractivity (Wildman–Crippen MR) is 106 cm³/mol. The molecule has 0 heterocycles. The average molecular weight is 374 g/mol. The van der Waals surface area contributed by atoms with Gasteiger partial charge in [-0.2, -0.15) is 0 Å². The Morgan fingerprint density at radius 1 is 0.500 bits per heavy atom. The SMILES string of the molecule is Brc1ccc2cc(N(c3ccccc3)c3ccccc3)ccc2c1. The van der Waals surface area contributed by atoms with Crippen LogP contribution in [0.1, 0.15) is 0 Å². The molecular weight excluding hydrogens is 358 g/mol. The highest BCUT2D eigenvalue weighted by molar-refractivity contribution is 9.10. The van der Waals surface area contributed by atoms with Crippen LogP contribution in [0.15, 0.2) is 102 Å². The Morgan fingerprint density at radius 2 is 1.04 bits per heavy atom. The van der Waals surface area contributed by atoms with Crippen molar-refractivity contribution in [2.24, 2.45) is 0 Å². The molecule has 0 aliphatic heterocycles. The van der Waals surface area contributed by atoms with Crippen LogP contribution in [0.2, 0.25) is 0 Å². The molecule has 4 aromatic carbocycles. The molecule has 4 rings (SSSR count). The van der Waals surface area contributed by atoms with E-state index in [0.717, 1.165) is 21.5 Å². The van der Waals surface area contributed by atoms with Crippen LogP contribution in [0.3, 0.4) is 0 Å². The third kappa shape index (κ3) is 2.93. The zero-order chi connectivity index (χ0) is 16.4. The second-order valence-electron chi connectivity index (χ2n) is 5.68. The van der Waals surface area contributed by atoms with Crippen LogP contribution in [0, 0.1) is 0 Å². The molecule has 0 N–H and O–H groups in total. The number of halogens is 1. The Kier molecular flexibility index (Phi) is 4.06. The highest BCUT2D eigenvalue weighted by Crippen LogP contribution is 2.35. The number of anilines is 3. The van der Waals surface area contributed by atoms with Crippen molar-refractivity contribution < 1.29 is 0 Å². The molecule has 0 unspecified atom stereocenters. The van der Waals surface area contributed by atoms with Crippen molar-refractivity contribution in [3.8, 4) is 0 Å². The lowest BCUT2D eigenvalue weighted by Crippen LogP contribution is -2.09. The quantitative estimate of drug-likeness (QED) is 0.371. The van der Waals surface area contributed by atoms with Crippen LogP contribution in [0.25, 0.3) is 10.8 Å². The van der Waals surface area contributed by atoms with Gasteiger partial charge in [-0.25, -0.2) is 0 Å². The maximum Gasteiger partial charge on any atom is 0.0468 e. The molecule has 0 fully saturated rings. The second-order valence-corrected chi connectivity index (χ2v) is 6.60. The number of hydrogen-bond acceptors (Lipinski definition) is 1. The molecule has 2 heteroatoms. The van der Waals surface area contributed by atoms with Gasteiger partial charge in [0.2, 0.25) is 0 Å². The molecule has 0 aliphatic carbocycles. The van der Waals surface area contributed by atoms with Gasteiger partial charge in [0.05, 0.1) is 0 Å². The van der Waals surface area contributed by atoms with Crippen molar-refractivity contribution in [3.05, 3.63) is 102 Å². The Morgan fingerprint density at radius 3 is 1.67 bits per heavy atom. The maximum absolute atomic E-state index is 3.54. The maximum atomic E-state index is 3.54. The summed E-state index contributed by atoms with van der Waals surface area (Å²) in [6.07, 6.45) is 0. The summed E-state index contributed by atoms with van der Waals surface area (Å²) in [4.78, 5) is 2.28. The summed E-state index contributed by atoms with van der Waals surface area (Å²) in [5, 5.41) is 2.46. The van der Waals surface area contributed by atoms with Gasteiger partial charge < -0.3 is 4.90 Å². The minimum Gasteiger partial charge on any atom is -0.310 e. The molecule has 0 amide bonds. The van der Waals surface area contributed by atoms with Gasteiger partial charge in [0, 0.05) is 21.5 Å². The Labute approximate surface area is 150 Å². The standard InChI is InChI=1S/C22H16BrN/c23-19-13-11-18-16-22(14-12-17(18)15-19)24(20-7-3-1-4-8-20)21-9-5-2-6-10-21/h1-16H. The monoisotopic (exact) mass is 373 g/mol. The lowest BCUT2D eigenvalue weighted by Gasteiger charge is -2.25. The molecule has 0 saturated heterocycles. The van der Waals surface area contributed by atoms with E-state index in [9.17, 15) is 0 Å².